The fraction of sp³-hybridized carbons (Fsp3) is 0.435. The molecule has 0 atom stereocenters. The first-order valence-corrected chi connectivity index (χ1v) is 12.1. The number of carbonyl (C=O) groups excluding carboxylic acids is 1. The van der Waals surface area contributed by atoms with Gasteiger partial charge in [0.05, 0.1) is 5.69 Å². The van der Waals surface area contributed by atoms with Crippen LogP contribution in [0.3, 0.4) is 0 Å². The van der Waals surface area contributed by atoms with Crippen LogP contribution < -0.4 is 14.5 Å². The number of hydrogen-bond acceptors (Lipinski definition) is 5. The lowest BCUT2D eigenvalue weighted by molar-refractivity contribution is -0.114. The lowest BCUT2D eigenvalue weighted by Gasteiger charge is -2.34. The van der Waals surface area contributed by atoms with Crippen molar-refractivity contribution in [3.63, 3.8) is 0 Å². The Morgan fingerprint density at radius 2 is 1.62 bits per heavy atom. The van der Waals surface area contributed by atoms with E-state index in [4.69, 9.17) is 0 Å². The lowest BCUT2D eigenvalue weighted by atomic mass is 10.1. The number of aryl methyl sites for hydroxylation is 2. The van der Waals surface area contributed by atoms with E-state index in [0.29, 0.717) is 11.4 Å². The Bertz CT molecular complexity index is 1050. The van der Waals surface area contributed by atoms with Gasteiger partial charge in [-0.1, -0.05) is 12.1 Å². The fourth-order valence-electron chi connectivity index (χ4n) is 3.63. The summed E-state index contributed by atoms with van der Waals surface area (Å²) in [6.45, 7) is 7.39. The normalized spacial score (nSPS) is 15.1. The Morgan fingerprint density at radius 1 is 1.00 bits per heavy atom. The molecule has 0 aromatic heterocycles. The zero-order chi connectivity index (χ0) is 23.5. The van der Waals surface area contributed by atoms with E-state index in [1.165, 1.54) is 14.1 Å². The van der Waals surface area contributed by atoms with E-state index in [1.807, 2.05) is 50.2 Å². The summed E-state index contributed by atoms with van der Waals surface area (Å²) in [6.07, 6.45) is 0. The number of likely N-dealkylation sites (N-methyl/N-ethyl adjacent to an activating group) is 1. The lowest BCUT2D eigenvalue weighted by Crippen LogP contribution is -2.44. The van der Waals surface area contributed by atoms with Crippen LogP contribution in [-0.4, -0.2) is 77.4 Å². The molecule has 0 radical (unpaired) electrons. The molecule has 0 spiro atoms. The van der Waals surface area contributed by atoms with Crippen LogP contribution in [0.1, 0.15) is 11.1 Å². The molecule has 1 fully saturated rings. The fourth-order valence-corrected chi connectivity index (χ4v) is 4.75. The molecule has 1 heterocycles. The van der Waals surface area contributed by atoms with Crippen LogP contribution in [0, 0.1) is 13.8 Å². The van der Waals surface area contributed by atoms with Crippen molar-refractivity contribution in [2.24, 2.45) is 0 Å². The first kappa shape index (κ1) is 24.0. The minimum atomic E-state index is -3.85. The summed E-state index contributed by atoms with van der Waals surface area (Å²) in [5.74, 6) is -0.399. The van der Waals surface area contributed by atoms with Crippen molar-refractivity contribution in [3.05, 3.63) is 53.6 Å². The first-order chi connectivity index (χ1) is 15.1. The molecule has 0 aliphatic carbocycles. The average Bonchev–Trinajstić information content (AvgIpc) is 2.75. The predicted octanol–water partition coefficient (Wildman–Crippen LogP) is 2.31. The van der Waals surface area contributed by atoms with Crippen molar-refractivity contribution in [2.75, 3.05) is 68.4 Å². The number of hydrogen-bond donors (Lipinski definition) is 1. The maximum absolute atomic E-state index is 13.0. The van der Waals surface area contributed by atoms with Gasteiger partial charge in [0.15, 0.2) is 0 Å². The number of benzene rings is 2. The summed E-state index contributed by atoms with van der Waals surface area (Å²) in [4.78, 5) is 17.4. The smallest absolute Gasteiger partial charge is 0.304 e. The van der Waals surface area contributed by atoms with Crippen LogP contribution in [0.2, 0.25) is 0 Å². The van der Waals surface area contributed by atoms with Gasteiger partial charge < -0.3 is 15.1 Å². The highest BCUT2D eigenvalue weighted by atomic mass is 32.2. The molecule has 174 valence electrons. The van der Waals surface area contributed by atoms with E-state index >= 15 is 0 Å². The van der Waals surface area contributed by atoms with Gasteiger partial charge in [-0.25, -0.2) is 4.31 Å². The number of nitrogens with zero attached hydrogens (tertiary/aromatic N) is 4. The second kappa shape index (κ2) is 9.89. The van der Waals surface area contributed by atoms with Crippen molar-refractivity contribution in [1.82, 2.24) is 9.21 Å². The van der Waals surface area contributed by atoms with Crippen LogP contribution >= 0.6 is 0 Å². The predicted molar refractivity (Wildman–Crippen MR) is 131 cm³/mol. The van der Waals surface area contributed by atoms with Crippen molar-refractivity contribution < 1.29 is 13.2 Å². The summed E-state index contributed by atoms with van der Waals surface area (Å²) in [5, 5.41) is 2.83. The SMILES string of the molecule is Cc1ccc(C)c(N(CC(=O)Nc2ccc(N3CCN(C)CC3)cc2)S(=O)(=O)N(C)C)c1. The van der Waals surface area contributed by atoms with Crippen molar-refractivity contribution in [1.29, 1.82) is 0 Å². The number of anilines is 3. The average molecular weight is 460 g/mol. The van der Waals surface area contributed by atoms with Gasteiger partial charge in [0.25, 0.3) is 0 Å². The number of rotatable bonds is 7. The molecule has 9 heteroatoms. The summed E-state index contributed by atoms with van der Waals surface area (Å²) in [5.41, 5.74) is 3.95. The van der Waals surface area contributed by atoms with Gasteiger partial charge in [-0.3, -0.25) is 4.79 Å². The van der Waals surface area contributed by atoms with E-state index in [-0.39, 0.29) is 6.54 Å². The van der Waals surface area contributed by atoms with Crippen molar-refractivity contribution in [3.8, 4) is 0 Å². The van der Waals surface area contributed by atoms with Crippen LogP contribution in [0.25, 0.3) is 0 Å². The summed E-state index contributed by atoms with van der Waals surface area (Å²) >= 11 is 0. The Kier molecular flexibility index (Phi) is 7.43. The Balaban J connectivity index is 1.75. The molecule has 0 bridgehead atoms. The van der Waals surface area contributed by atoms with Crippen molar-refractivity contribution >= 4 is 33.2 Å². The van der Waals surface area contributed by atoms with E-state index in [0.717, 1.165) is 51.6 Å². The third-order valence-electron chi connectivity index (χ3n) is 5.68. The van der Waals surface area contributed by atoms with Crippen LogP contribution in [0.15, 0.2) is 42.5 Å². The second-order valence-corrected chi connectivity index (χ2v) is 10.5. The number of carbonyl (C=O) groups is 1. The van der Waals surface area contributed by atoms with Crippen molar-refractivity contribution in [2.45, 2.75) is 13.8 Å². The molecule has 2 aromatic carbocycles. The van der Waals surface area contributed by atoms with Crippen LogP contribution in [0.4, 0.5) is 17.1 Å². The Labute approximate surface area is 191 Å². The molecule has 1 amide bonds. The summed E-state index contributed by atoms with van der Waals surface area (Å²) in [7, 11) is 1.19. The van der Waals surface area contributed by atoms with Crippen LogP contribution in [0.5, 0.6) is 0 Å². The van der Waals surface area contributed by atoms with Crippen LogP contribution in [-0.2, 0) is 15.0 Å². The van der Waals surface area contributed by atoms with E-state index in [9.17, 15) is 13.2 Å². The molecule has 1 aliphatic heterocycles. The first-order valence-electron chi connectivity index (χ1n) is 10.7. The minimum absolute atomic E-state index is 0.314. The number of nitrogens with one attached hydrogen (secondary N) is 1. The largest absolute Gasteiger partial charge is 0.369 e. The number of piperazine rings is 1. The molecule has 32 heavy (non-hydrogen) atoms. The van der Waals surface area contributed by atoms with Gasteiger partial charge in [-0.2, -0.15) is 12.7 Å². The minimum Gasteiger partial charge on any atom is -0.369 e. The molecule has 1 N–H and O–H groups in total. The maximum atomic E-state index is 13.0. The monoisotopic (exact) mass is 459 g/mol. The molecule has 1 saturated heterocycles. The molecular weight excluding hydrogens is 426 g/mol. The molecule has 3 rings (SSSR count). The Hall–Kier alpha value is -2.62. The third-order valence-corrected chi connectivity index (χ3v) is 7.49. The van der Waals surface area contributed by atoms with Gasteiger partial charge in [0, 0.05) is 51.6 Å². The van der Waals surface area contributed by atoms with Gasteiger partial charge in [0.2, 0.25) is 5.91 Å². The summed E-state index contributed by atoms with van der Waals surface area (Å²) in [6, 6.07) is 13.2. The molecule has 0 unspecified atom stereocenters. The topological polar surface area (TPSA) is 76.2 Å². The standard InChI is InChI=1S/C23H33N5O3S/c1-18-6-7-19(2)22(16-18)28(32(30,31)25(3)4)17-23(29)24-20-8-10-21(11-9-20)27-14-12-26(5)13-15-27/h6-11,16H,12-15,17H2,1-5H3,(H,24,29). The third kappa shape index (κ3) is 5.59. The van der Waals surface area contributed by atoms with Gasteiger partial charge in [-0.15, -0.1) is 0 Å². The quantitative estimate of drug-likeness (QED) is 0.688. The zero-order valence-electron chi connectivity index (χ0n) is 19.5. The zero-order valence-corrected chi connectivity index (χ0v) is 20.3. The van der Waals surface area contributed by atoms with Gasteiger partial charge in [0.1, 0.15) is 6.54 Å². The molecule has 2 aromatic rings. The highest BCUT2D eigenvalue weighted by Crippen LogP contribution is 2.25. The van der Waals surface area contributed by atoms with E-state index in [1.54, 1.807) is 6.07 Å². The molecule has 8 nitrogen and oxygen atoms in total. The summed E-state index contributed by atoms with van der Waals surface area (Å²) < 4.78 is 28.3. The maximum Gasteiger partial charge on any atom is 0.304 e. The van der Waals surface area contributed by atoms with Gasteiger partial charge in [-0.05, 0) is 62.4 Å². The second-order valence-electron chi connectivity index (χ2n) is 8.47. The highest BCUT2D eigenvalue weighted by Gasteiger charge is 2.28. The molecule has 0 saturated carbocycles. The van der Waals surface area contributed by atoms with E-state index in [2.05, 4.69) is 22.2 Å². The van der Waals surface area contributed by atoms with Gasteiger partial charge >= 0.3 is 10.2 Å². The Morgan fingerprint density at radius 3 is 2.22 bits per heavy atom. The highest BCUT2D eigenvalue weighted by molar-refractivity contribution is 7.90. The number of amides is 1. The molecule has 1 aliphatic rings. The van der Waals surface area contributed by atoms with E-state index < -0.39 is 16.1 Å². The molecular formula is C23H33N5O3S.